The minimum absolute atomic E-state index is 0. The third kappa shape index (κ3) is 4.02. The Labute approximate surface area is 118 Å². The summed E-state index contributed by atoms with van der Waals surface area (Å²) in [5, 5.41) is 6.61. The summed E-state index contributed by atoms with van der Waals surface area (Å²) in [5.74, 6) is -0.116. The number of benzene rings is 1. The third-order valence-corrected chi connectivity index (χ3v) is 3.08. The molecule has 18 heavy (non-hydrogen) atoms. The van der Waals surface area contributed by atoms with Crippen LogP contribution < -0.4 is 10.6 Å². The van der Waals surface area contributed by atoms with Gasteiger partial charge in [-0.3, -0.25) is 4.79 Å². The predicted octanol–water partition coefficient (Wildman–Crippen LogP) is 2.41. The predicted molar refractivity (Wildman–Crippen MR) is 76.6 cm³/mol. The number of carbonyl (C=O) groups is 1. The summed E-state index contributed by atoms with van der Waals surface area (Å²) >= 11 is 5.96. The summed E-state index contributed by atoms with van der Waals surface area (Å²) in [7, 11) is 0. The van der Waals surface area contributed by atoms with Gasteiger partial charge in [0, 0.05) is 13.1 Å². The van der Waals surface area contributed by atoms with E-state index in [2.05, 4.69) is 16.7 Å². The first-order valence-electron chi connectivity index (χ1n) is 5.69. The van der Waals surface area contributed by atoms with E-state index in [-0.39, 0.29) is 18.3 Å². The van der Waals surface area contributed by atoms with Crippen LogP contribution in [-0.4, -0.2) is 25.5 Å². The highest BCUT2D eigenvalue weighted by Crippen LogP contribution is 2.14. The Hall–Kier alpha value is -1.03. The molecule has 0 aliphatic carbocycles. The van der Waals surface area contributed by atoms with Gasteiger partial charge >= 0.3 is 0 Å². The van der Waals surface area contributed by atoms with Crippen LogP contribution in [0.2, 0.25) is 5.02 Å². The molecule has 0 bridgehead atoms. The fraction of sp³-hybridized carbons (Fsp3) is 0.308. The molecule has 0 saturated heterocycles. The highest BCUT2D eigenvalue weighted by molar-refractivity contribution is 6.33. The molecule has 1 aromatic carbocycles. The van der Waals surface area contributed by atoms with E-state index in [1.54, 1.807) is 12.1 Å². The van der Waals surface area contributed by atoms with Crippen molar-refractivity contribution in [2.45, 2.75) is 6.42 Å². The third-order valence-electron chi connectivity index (χ3n) is 2.75. The molecule has 0 saturated carbocycles. The van der Waals surface area contributed by atoms with Crippen molar-refractivity contribution >= 4 is 29.9 Å². The van der Waals surface area contributed by atoms with Crippen molar-refractivity contribution in [1.82, 2.24) is 10.6 Å². The van der Waals surface area contributed by atoms with E-state index in [9.17, 15) is 4.79 Å². The smallest absolute Gasteiger partial charge is 0.253 e. The number of hydrogen-bond acceptors (Lipinski definition) is 2. The van der Waals surface area contributed by atoms with Gasteiger partial charge in [-0.2, -0.15) is 0 Å². The van der Waals surface area contributed by atoms with Gasteiger partial charge in [-0.05, 0) is 25.1 Å². The van der Waals surface area contributed by atoms with Gasteiger partial charge in [-0.1, -0.05) is 35.4 Å². The topological polar surface area (TPSA) is 41.1 Å². The summed E-state index contributed by atoms with van der Waals surface area (Å²) in [6.45, 7) is 2.47. The number of halogens is 2. The van der Waals surface area contributed by atoms with E-state index >= 15 is 0 Å². The molecule has 1 amide bonds. The van der Waals surface area contributed by atoms with Gasteiger partial charge in [0.1, 0.15) is 0 Å². The molecule has 0 radical (unpaired) electrons. The van der Waals surface area contributed by atoms with Crippen molar-refractivity contribution in [2.24, 2.45) is 0 Å². The second-order valence-corrected chi connectivity index (χ2v) is 4.39. The molecule has 0 aromatic heterocycles. The summed E-state index contributed by atoms with van der Waals surface area (Å²) in [6, 6.07) is 7.08. The molecule has 0 spiro atoms. The van der Waals surface area contributed by atoms with Crippen LogP contribution in [0.3, 0.4) is 0 Å². The molecule has 3 nitrogen and oxygen atoms in total. The largest absolute Gasteiger partial charge is 0.348 e. The van der Waals surface area contributed by atoms with Gasteiger partial charge in [0.2, 0.25) is 0 Å². The van der Waals surface area contributed by atoms with Gasteiger partial charge in [0.25, 0.3) is 5.91 Å². The number of rotatable bonds is 3. The van der Waals surface area contributed by atoms with Crippen LogP contribution in [0.15, 0.2) is 35.9 Å². The first-order chi connectivity index (χ1) is 8.27. The number of nitrogens with one attached hydrogen (secondary N) is 2. The van der Waals surface area contributed by atoms with Crippen molar-refractivity contribution in [3.63, 3.8) is 0 Å². The zero-order chi connectivity index (χ0) is 12.1. The lowest BCUT2D eigenvalue weighted by molar-refractivity contribution is 0.0957. The molecule has 1 aromatic rings. The van der Waals surface area contributed by atoms with E-state index in [1.165, 1.54) is 5.57 Å². The average molecular weight is 287 g/mol. The number of amides is 1. The summed E-state index contributed by atoms with van der Waals surface area (Å²) in [6.07, 6.45) is 3.11. The molecular formula is C13H16Cl2N2O. The Bertz CT molecular complexity index is 446. The normalized spacial score (nSPS) is 14.4. The molecule has 1 aliphatic rings. The van der Waals surface area contributed by atoms with Crippen LogP contribution >= 0.6 is 24.0 Å². The highest BCUT2D eigenvalue weighted by atomic mass is 35.5. The van der Waals surface area contributed by atoms with Gasteiger partial charge in [-0.25, -0.2) is 0 Å². The van der Waals surface area contributed by atoms with Gasteiger partial charge in [-0.15, -0.1) is 12.4 Å². The summed E-state index contributed by atoms with van der Waals surface area (Å²) in [4.78, 5) is 11.9. The van der Waals surface area contributed by atoms with E-state index in [0.717, 1.165) is 19.5 Å². The lowest BCUT2D eigenvalue weighted by Gasteiger charge is -2.14. The average Bonchev–Trinajstić information content (AvgIpc) is 2.38. The maximum absolute atomic E-state index is 11.9. The quantitative estimate of drug-likeness (QED) is 0.838. The zero-order valence-electron chi connectivity index (χ0n) is 9.91. The molecule has 2 N–H and O–H groups in total. The van der Waals surface area contributed by atoms with Crippen molar-refractivity contribution in [3.05, 3.63) is 46.5 Å². The Kier molecular flexibility index (Phi) is 6.19. The van der Waals surface area contributed by atoms with Crippen molar-refractivity contribution in [1.29, 1.82) is 0 Å². The van der Waals surface area contributed by atoms with Crippen LogP contribution in [0.4, 0.5) is 0 Å². The van der Waals surface area contributed by atoms with Crippen molar-refractivity contribution in [3.8, 4) is 0 Å². The fourth-order valence-electron chi connectivity index (χ4n) is 1.76. The first-order valence-corrected chi connectivity index (χ1v) is 6.06. The second kappa shape index (κ2) is 7.41. The lowest BCUT2D eigenvalue weighted by Crippen LogP contribution is -2.29. The standard InChI is InChI=1S/C13H15ClN2O.ClH/c14-12-4-2-1-3-11(12)13(17)16-9-10-5-7-15-8-6-10;/h1-5,15H,6-9H2,(H,16,17);1H. The molecule has 98 valence electrons. The van der Waals surface area contributed by atoms with Crippen molar-refractivity contribution < 1.29 is 4.79 Å². The molecule has 1 heterocycles. The molecule has 0 atom stereocenters. The molecular weight excluding hydrogens is 271 g/mol. The van der Waals surface area contributed by atoms with Gasteiger partial charge in [0.15, 0.2) is 0 Å². The Morgan fingerprint density at radius 2 is 2.17 bits per heavy atom. The first kappa shape index (κ1) is 15.0. The lowest BCUT2D eigenvalue weighted by atomic mass is 10.1. The van der Waals surface area contributed by atoms with Crippen LogP contribution in [0.25, 0.3) is 0 Å². The Morgan fingerprint density at radius 1 is 1.39 bits per heavy atom. The molecule has 0 fully saturated rings. The molecule has 0 unspecified atom stereocenters. The monoisotopic (exact) mass is 286 g/mol. The maximum Gasteiger partial charge on any atom is 0.253 e. The Balaban J connectivity index is 0.00000162. The van der Waals surface area contributed by atoms with Crippen LogP contribution in [0, 0.1) is 0 Å². The molecule has 1 aliphatic heterocycles. The van der Waals surface area contributed by atoms with Crippen molar-refractivity contribution in [2.75, 3.05) is 19.6 Å². The number of hydrogen-bond donors (Lipinski definition) is 2. The SMILES string of the molecule is Cl.O=C(NCC1=CCNCC1)c1ccccc1Cl. The zero-order valence-corrected chi connectivity index (χ0v) is 11.5. The minimum atomic E-state index is -0.116. The highest BCUT2D eigenvalue weighted by Gasteiger charge is 2.10. The van der Waals surface area contributed by atoms with E-state index < -0.39 is 0 Å². The van der Waals surface area contributed by atoms with Crippen LogP contribution in [0.5, 0.6) is 0 Å². The summed E-state index contributed by atoms with van der Waals surface area (Å²) < 4.78 is 0. The summed E-state index contributed by atoms with van der Waals surface area (Å²) in [5.41, 5.74) is 1.80. The second-order valence-electron chi connectivity index (χ2n) is 3.98. The minimum Gasteiger partial charge on any atom is -0.348 e. The van der Waals surface area contributed by atoms with E-state index in [0.29, 0.717) is 17.1 Å². The fourth-order valence-corrected chi connectivity index (χ4v) is 1.99. The van der Waals surface area contributed by atoms with E-state index in [4.69, 9.17) is 11.6 Å². The van der Waals surface area contributed by atoms with E-state index in [1.807, 2.05) is 12.1 Å². The van der Waals surface area contributed by atoms with Crippen LogP contribution in [-0.2, 0) is 0 Å². The molecule has 2 rings (SSSR count). The number of carbonyl (C=O) groups excluding carboxylic acids is 1. The van der Waals surface area contributed by atoms with Crippen LogP contribution in [0.1, 0.15) is 16.8 Å². The van der Waals surface area contributed by atoms with Gasteiger partial charge in [0.05, 0.1) is 10.6 Å². The van der Waals surface area contributed by atoms with Gasteiger partial charge < -0.3 is 10.6 Å². The Morgan fingerprint density at radius 3 is 2.83 bits per heavy atom. The molecule has 5 heteroatoms. The maximum atomic E-state index is 11.9.